The smallest absolute Gasteiger partial charge is 0.225 e. The van der Waals surface area contributed by atoms with Crippen LogP contribution >= 0.6 is 0 Å². The van der Waals surface area contributed by atoms with Crippen LogP contribution in [0.2, 0.25) is 0 Å². The molecule has 2 N–H and O–H groups in total. The van der Waals surface area contributed by atoms with Crippen molar-refractivity contribution < 1.29 is 4.39 Å². The molecule has 6 heteroatoms. The Bertz CT molecular complexity index is 1050. The van der Waals surface area contributed by atoms with Gasteiger partial charge in [0.05, 0.1) is 17.9 Å². The number of halogens is 1. The van der Waals surface area contributed by atoms with E-state index in [1.807, 2.05) is 54.6 Å². The summed E-state index contributed by atoms with van der Waals surface area (Å²) in [6, 6.07) is 24.0. The lowest BCUT2D eigenvalue weighted by Gasteiger charge is -2.11. The van der Waals surface area contributed by atoms with Crippen molar-refractivity contribution in [2.45, 2.75) is 13.1 Å². The van der Waals surface area contributed by atoms with Crippen molar-refractivity contribution in [3.05, 3.63) is 102 Å². The Kier molecular flexibility index (Phi) is 5.71. The van der Waals surface area contributed by atoms with Gasteiger partial charge in [-0.15, -0.1) is 0 Å². The van der Waals surface area contributed by atoms with Crippen molar-refractivity contribution >= 4 is 11.8 Å². The zero-order valence-corrected chi connectivity index (χ0v) is 15.7. The summed E-state index contributed by atoms with van der Waals surface area (Å²) in [6.07, 6.45) is 1.76. The van der Waals surface area contributed by atoms with Crippen LogP contribution in [-0.4, -0.2) is 15.0 Å². The SMILES string of the molecule is Fc1ccc(CNc2cc(-c3ccccc3)nc(NCc3ccccn3)n2)cc1. The van der Waals surface area contributed by atoms with Crippen LogP contribution in [-0.2, 0) is 13.1 Å². The van der Waals surface area contributed by atoms with Crippen LogP contribution in [0.1, 0.15) is 11.3 Å². The highest BCUT2D eigenvalue weighted by molar-refractivity contribution is 5.64. The predicted octanol–water partition coefficient (Wildman–Crippen LogP) is 4.90. The summed E-state index contributed by atoms with van der Waals surface area (Å²) in [4.78, 5) is 13.5. The molecule has 0 bridgehead atoms. The molecule has 0 aliphatic rings. The zero-order valence-electron chi connectivity index (χ0n) is 15.7. The normalized spacial score (nSPS) is 10.5. The molecule has 4 rings (SSSR count). The van der Waals surface area contributed by atoms with Crippen LogP contribution in [0.5, 0.6) is 0 Å². The maximum atomic E-state index is 13.1. The summed E-state index contributed by atoms with van der Waals surface area (Å²) in [5.74, 6) is 0.952. The van der Waals surface area contributed by atoms with Gasteiger partial charge in [-0.3, -0.25) is 4.98 Å². The van der Waals surface area contributed by atoms with E-state index in [1.165, 1.54) is 12.1 Å². The van der Waals surface area contributed by atoms with Crippen LogP contribution in [0.15, 0.2) is 85.1 Å². The number of aromatic nitrogens is 3. The van der Waals surface area contributed by atoms with E-state index in [9.17, 15) is 4.39 Å². The first kappa shape index (κ1) is 18.6. The topological polar surface area (TPSA) is 62.7 Å². The summed E-state index contributed by atoms with van der Waals surface area (Å²) in [7, 11) is 0. The van der Waals surface area contributed by atoms with Crippen molar-refractivity contribution in [2.24, 2.45) is 0 Å². The quantitative estimate of drug-likeness (QED) is 0.474. The van der Waals surface area contributed by atoms with Crippen molar-refractivity contribution in [1.82, 2.24) is 15.0 Å². The predicted molar refractivity (Wildman–Crippen MR) is 113 cm³/mol. The lowest BCUT2D eigenvalue weighted by atomic mass is 10.1. The molecule has 0 amide bonds. The van der Waals surface area contributed by atoms with Gasteiger partial charge in [-0.2, -0.15) is 4.98 Å². The fourth-order valence-corrected chi connectivity index (χ4v) is 2.84. The fourth-order valence-electron chi connectivity index (χ4n) is 2.84. The second kappa shape index (κ2) is 8.93. The molecule has 0 aliphatic carbocycles. The van der Waals surface area contributed by atoms with E-state index in [1.54, 1.807) is 18.3 Å². The molecule has 2 heterocycles. The average Bonchev–Trinajstić information content (AvgIpc) is 2.78. The van der Waals surface area contributed by atoms with Gasteiger partial charge in [-0.05, 0) is 29.8 Å². The average molecular weight is 385 g/mol. The van der Waals surface area contributed by atoms with E-state index in [-0.39, 0.29) is 5.82 Å². The lowest BCUT2D eigenvalue weighted by molar-refractivity contribution is 0.627. The first-order valence-corrected chi connectivity index (χ1v) is 9.33. The van der Waals surface area contributed by atoms with Gasteiger partial charge in [-0.25, -0.2) is 9.37 Å². The van der Waals surface area contributed by atoms with Gasteiger partial charge in [0, 0.05) is 24.4 Å². The van der Waals surface area contributed by atoms with E-state index in [0.29, 0.717) is 24.9 Å². The van der Waals surface area contributed by atoms with Gasteiger partial charge >= 0.3 is 0 Å². The van der Waals surface area contributed by atoms with Crippen molar-refractivity contribution in [3.8, 4) is 11.3 Å². The number of hydrogen-bond acceptors (Lipinski definition) is 5. The Hall–Kier alpha value is -3.80. The second-order valence-corrected chi connectivity index (χ2v) is 6.48. The minimum atomic E-state index is -0.247. The third-order valence-electron chi connectivity index (χ3n) is 4.34. The third-order valence-corrected chi connectivity index (χ3v) is 4.34. The van der Waals surface area contributed by atoms with E-state index in [2.05, 4.69) is 25.6 Å². The number of pyridine rings is 1. The maximum Gasteiger partial charge on any atom is 0.225 e. The molecule has 0 unspecified atom stereocenters. The molecular formula is C23H20FN5. The van der Waals surface area contributed by atoms with Crippen LogP contribution < -0.4 is 10.6 Å². The lowest BCUT2D eigenvalue weighted by Crippen LogP contribution is -2.08. The molecule has 29 heavy (non-hydrogen) atoms. The summed E-state index contributed by atoms with van der Waals surface area (Å²) in [5, 5.41) is 6.54. The molecule has 0 aliphatic heterocycles. The molecule has 0 radical (unpaired) electrons. The zero-order chi connectivity index (χ0) is 19.9. The highest BCUT2D eigenvalue weighted by atomic mass is 19.1. The molecule has 0 atom stereocenters. The van der Waals surface area contributed by atoms with Crippen molar-refractivity contribution in [3.63, 3.8) is 0 Å². The fraction of sp³-hybridized carbons (Fsp3) is 0.0870. The van der Waals surface area contributed by atoms with E-state index < -0.39 is 0 Å². The number of nitrogens with one attached hydrogen (secondary N) is 2. The molecule has 2 aromatic carbocycles. The Labute approximate surface area is 168 Å². The van der Waals surface area contributed by atoms with Gasteiger partial charge in [0.2, 0.25) is 5.95 Å². The highest BCUT2D eigenvalue weighted by Crippen LogP contribution is 2.22. The molecule has 0 fully saturated rings. The van der Waals surface area contributed by atoms with Gasteiger partial charge in [0.25, 0.3) is 0 Å². The standard InChI is InChI=1S/C23H20FN5/c24-19-11-9-17(10-12-19)15-26-22-14-21(18-6-2-1-3-7-18)28-23(29-22)27-16-20-8-4-5-13-25-20/h1-14H,15-16H2,(H2,26,27,28,29). The number of benzene rings is 2. The van der Waals surface area contributed by atoms with Crippen LogP contribution in [0.3, 0.4) is 0 Å². The van der Waals surface area contributed by atoms with Crippen molar-refractivity contribution in [1.29, 1.82) is 0 Å². The number of hydrogen-bond donors (Lipinski definition) is 2. The van der Waals surface area contributed by atoms with Crippen LogP contribution in [0.25, 0.3) is 11.3 Å². The Balaban J connectivity index is 1.56. The summed E-state index contributed by atoms with van der Waals surface area (Å²) < 4.78 is 13.1. The van der Waals surface area contributed by atoms with Gasteiger partial charge in [0.15, 0.2) is 0 Å². The summed E-state index contributed by atoms with van der Waals surface area (Å²) in [5.41, 5.74) is 3.68. The number of rotatable bonds is 7. The Morgan fingerprint density at radius 1 is 0.759 bits per heavy atom. The molecule has 4 aromatic rings. The summed E-state index contributed by atoms with van der Waals surface area (Å²) >= 11 is 0. The summed E-state index contributed by atoms with van der Waals surface area (Å²) in [6.45, 7) is 1.06. The molecular weight excluding hydrogens is 365 g/mol. The number of nitrogens with zero attached hydrogens (tertiary/aromatic N) is 3. The second-order valence-electron chi connectivity index (χ2n) is 6.48. The van der Waals surface area contributed by atoms with Gasteiger partial charge in [-0.1, -0.05) is 48.5 Å². The van der Waals surface area contributed by atoms with Crippen molar-refractivity contribution in [2.75, 3.05) is 10.6 Å². The Morgan fingerprint density at radius 2 is 1.55 bits per heavy atom. The minimum absolute atomic E-state index is 0.247. The largest absolute Gasteiger partial charge is 0.366 e. The maximum absolute atomic E-state index is 13.1. The molecule has 0 spiro atoms. The Morgan fingerprint density at radius 3 is 2.31 bits per heavy atom. The van der Waals surface area contributed by atoms with Crippen LogP contribution in [0, 0.1) is 5.82 Å². The molecule has 0 saturated carbocycles. The van der Waals surface area contributed by atoms with E-state index in [4.69, 9.17) is 0 Å². The molecule has 5 nitrogen and oxygen atoms in total. The highest BCUT2D eigenvalue weighted by Gasteiger charge is 2.07. The van der Waals surface area contributed by atoms with Gasteiger partial charge < -0.3 is 10.6 Å². The molecule has 0 saturated heterocycles. The van der Waals surface area contributed by atoms with Gasteiger partial charge in [0.1, 0.15) is 11.6 Å². The first-order valence-electron chi connectivity index (χ1n) is 9.33. The third kappa shape index (κ3) is 5.13. The van der Waals surface area contributed by atoms with E-state index in [0.717, 1.165) is 22.5 Å². The first-order chi connectivity index (χ1) is 14.3. The monoisotopic (exact) mass is 385 g/mol. The van der Waals surface area contributed by atoms with Crippen LogP contribution in [0.4, 0.5) is 16.2 Å². The molecule has 144 valence electrons. The minimum Gasteiger partial charge on any atom is -0.366 e. The molecule has 2 aromatic heterocycles. The van der Waals surface area contributed by atoms with E-state index >= 15 is 0 Å². The number of anilines is 2.